The summed E-state index contributed by atoms with van der Waals surface area (Å²) in [5.41, 5.74) is 3.02. The molecule has 0 saturated carbocycles. The number of amides is 2. The molecule has 2 amide bonds. The molecule has 0 bridgehead atoms. The lowest BCUT2D eigenvalue weighted by atomic mass is 9.82. The third kappa shape index (κ3) is 10.9. The first-order valence-electron chi connectivity index (χ1n) is 11.9. The number of esters is 1. The number of hydrogen-bond donors (Lipinski definition) is 1. The molecule has 0 aliphatic heterocycles. The average molecular weight is 475 g/mol. The molecule has 7 nitrogen and oxygen atoms in total. The zero-order chi connectivity index (χ0) is 25.9. The van der Waals surface area contributed by atoms with Crippen molar-refractivity contribution in [1.82, 2.24) is 10.4 Å². The van der Waals surface area contributed by atoms with E-state index in [1.54, 1.807) is 20.8 Å². The van der Waals surface area contributed by atoms with E-state index in [1.807, 2.05) is 70.2 Å². The molecule has 7 heteroatoms. The van der Waals surface area contributed by atoms with E-state index in [0.717, 1.165) is 5.56 Å². The molecular weight excluding hydrogens is 432 g/mol. The zero-order valence-corrected chi connectivity index (χ0v) is 22.0. The molecule has 0 fully saturated rings. The minimum Gasteiger partial charge on any atom is -0.460 e. The lowest BCUT2D eigenvalue weighted by Gasteiger charge is -2.31. The molecule has 0 spiro atoms. The Balaban J connectivity index is 3.25. The van der Waals surface area contributed by atoms with Gasteiger partial charge in [0.05, 0.1) is 18.9 Å². The Bertz CT molecular complexity index is 812. The van der Waals surface area contributed by atoms with Crippen LogP contribution in [-0.4, -0.2) is 42.2 Å². The fourth-order valence-corrected chi connectivity index (χ4v) is 3.54. The van der Waals surface area contributed by atoms with Crippen molar-refractivity contribution in [2.45, 2.75) is 66.9 Å². The van der Waals surface area contributed by atoms with Gasteiger partial charge in [-0.15, -0.1) is 0 Å². The molecule has 0 heterocycles. The molecule has 0 aromatic heterocycles. The third-order valence-electron chi connectivity index (χ3n) is 4.95. The summed E-state index contributed by atoms with van der Waals surface area (Å²) < 4.78 is 10.5. The second-order valence-corrected chi connectivity index (χ2v) is 10.4. The first-order valence-corrected chi connectivity index (χ1v) is 11.9. The van der Waals surface area contributed by atoms with Gasteiger partial charge in [-0.2, -0.15) is 0 Å². The van der Waals surface area contributed by atoms with Crippen LogP contribution in [0.3, 0.4) is 0 Å². The molecule has 0 radical (unpaired) electrons. The smallest absolute Gasteiger partial charge is 0.428 e. The first-order chi connectivity index (χ1) is 15.8. The molecule has 2 atom stereocenters. The number of benzene rings is 1. The van der Waals surface area contributed by atoms with E-state index in [2.05, 4.69) is 5.43 Å². The highest BCUT2D eigenvalue weighted by molar-refractivity contribution is 5.86. The molecular formula is C27H42N2O5. The number of nitrogens with zero attached hydrogens (tertiary/aromatic N) is 1. The Morgan fingerprint density at radius 2 is 1.62 bits per heavy atom. The van der Waals surface area contributed by atoms with Crippen LogP contribution in [-0.2, 0) is 19.1 Å². The van der Waals surface area contributed by atoms with Crippen molar-refractivity contribution in [3.63, 3.8) is 0 Å². The molecule has 1 rings (SSSR count). The van der Waals surface area contributed by atoms with Gasteiger partial charge >= 0.3 is 12.1 Å². The summed E-state index contributed by atoms with van der Waals surface area (Å²) in [5, 5.41) is 1.17. The van der Waals surface area contributed by atoms with Crippen LogP contribution in [0.1, 0.15) is 66.9 Å². The number of carbonyl (C=O) groups is 3. The Kier molecular flexibility index (Phi) is 11.8. The van der Waals surface area contributed by atoms with Crippen LogP contribution >= 0.6 is 0 Å². The highest BCUT2D eigenvalue weighted by atomic mass is 16.6. The van der Waals surface area contributed by atoms with Gasteiger partial charge in [-0.3, -0.25) is 15.0 Å². The maximum atomic E-state index is 13.4. The van der Waals surface area contributed by atoms with Crippen molar-refractivity contribution in [3.05, 3.63) is 42.0 Å². The lowest BCUT2D eigenvalue weighted by molar-refractivity contribution is -0.164. The van der Waals surface area contributed by atoms with E-state index < -0.39 is 35.4 Å². The molecule has 0 aliphatic rings. The van der Waals surface area contributed by atoms with Gasteiger partial charge in [-0.1, -0.05) is 70.2 Å². The summed E-state index contributed by atoms with van der Waals surface area (Å²) in [6, 6.07) is 9.76. The van der Waals surface area contributed by atoms with Gasteiger partial charge in [0.2, 0.25) is 5.91 Å². The summed E-state index contributed by atoms with van der Waals surface area (Å²) in [5.74, 6) is -1.97. The number of allylic oxidation sites excluding steroid dienone is 1. The van der Waals surface area contributed by atoms with Crippen LogP contribution in [0.15, 0.2) is 36.4 Å². The fraction of sp³-hybridized carbons (Fsp3) is 0.593. The number of carbonyl (C=O) groups excluding carboxylic acids is 3. The van der Waals surface area contributed by atoms with Crippen LogP contribution in [0.2, 0.25) is 0 Å². The standard InChI is InChI=1S/C27H42N2O5/c1-19(2)17-23(24(30)28-29(18-20(3)4)26(32)33-8)22(25(31)34-27(5,6)7)16-12-15-21-13-10-9-11-14-21/h9-15,19-20,22-23H,16-18H2,1-8H3,(H,28,30)/b15-12+/t22-,23+/m0/s1. The number of ether oxygens (including phenoxy) is 2. The van der Waals surface area contributed by atoms with E-state index in [0.29, 0.717) is 12.8 Å². The average Bonchev–Trinajstić information content (AvgIpc) is 2.73. The van der Waals surface area contributed by atoms with Gasteiger partial charge in [-0.05, 0) is 51.0 Å². The molecule has 0 saturated heterocycles. The predicted molar refractivity (Wildman–Crippen MR) is 134 cm³/mol. The Hall–Kier alpha value is -2.83. The maximum absolute atomic E-state index is 13.4. The van der Waals surface area contributed by atoms with Crippen LogP contribution in [0.4, 0.5) is 4.79 Å². The van der Waals surface area contributed by atoms with Crippen LogP contribution in [0, 0.1) is 23.7 Å². The number of methoxy groups -OCH3 is 1. The third-order valence-corrected chi connectivity index (χ3v) is 4.95. The predicted octanol–water partition coefficient (Wildman–Crippen LogP) is 5.47. The highest BCUT2D eigenvalue weighted by Gasteiger charge is 2.37. The minimum atomic E-state index is -0.708. The second kappa shape index (κ2) is 13.8. The van der Waals surface area contributed by atoms with Gasteiger partial charge in [0.1, 0.15) is 5.60 Å². The van der Waals surface area contributed by atoms with E-state index in [9.17, 15) is 14.4 Å². The molecule has 190 valence electrons. The molecule has 1 aromatic carbocycles. The van der Waals surface area contributed by atoms with Gasteiger partial charge in [0, 0.05) is 6.54 Å². The van der Waals surface area contributed by atoms with Crippen molar-refractivity contribution >= 4 is 24.0 Å². The van der Waals surface area contributed by atoms with E-state index in [1.165, 1.54) is 12.1 Å². The van der Waals surface area contributed by atoms with Crippen molar-refractivity contribution in [2.24, 2.45) is 23.7 Å². The van der Waals surface area contributed by atoms with Gasteiger partial charge < -0.3 is 9.47 Å². The van der Waals surface area contributed by atoms with Crippen LogP contribution in [0.25, 0.3) is 6.08 Å². The van der Waals surface area contributed by atoms with Gasteiger partial charge in [0.15, 0.2) is 0 Å². The quantitative estimate of drug-likeness (QED) is 0.359. The van der Waals surface area contributed by atoms with Crippen molar-refractivity contribution < 1.29 is 23.9 Å². The summed E-state index contributed by atoms with van der Waals surface area (Å²) in [6.07, 6.45) is 3.98. The minimum absolute atomic E-state index is 0.110. The summed E-state index contributed by atoms with van der Waals surface area (Å²) in [4.78, 5) is 38.9. The van der Waals surface area contributed by atoms with Gasteiger partial charge in [-0.25, -0.2) is 9.80 Å². The summed E-state index contributed by atoms with van der Waals surface area (Å²) in [6.45, 7) is 13.6. The SMILES string of the molecule is COC(=O)N(CC(C)C)NC(=O)[C@H](CC(C)C)[C@H](C/C=C/c1ccccc1)C(=O)OC(C)(C)C. The molecule has 1 aromatic rings. The largest absolute Gasteiger partial charge is 0.460 e. The normalized spacial score (nSPS) is 13.6. The van der Waals surface area contributed by atoms with Crippen molar-refractivity contribution in [3.8, 4) is 0 Å². The molecule has 34 heavy (non-hydrogen) atoms. The van der Waals surface area contributed by atoms with E-state index in [4.69, 9.17) is 9.47 Å². The number of nitrogens with one attached hydrogen (secondary N) is 1. The summed E-state index contributed by atoms with van der Waals surface area (Å²) in [7, 11) is 1.27. The Morgan fingerprint density at radius 3 is 2.12 bits per heavy atom. The maximum Gasteiger partial charge on any atom is 0.428 e. The van der Waals surface area contributed by atoms with Crippen molar-refractivity contribution in [2.75, 3.05) is 13.7 Å². The number of rotatable bonds is 10. The second-order valence-electron chi connectivity index (χ2n) is 10.4. The van der Waals surface area contributed by atoms with E-state index in [-0.39, 0.29) is 18.4 Å². The lowest BCUT2D eigenvalue weighted by Crippen LogP contribution is -2.51. The Morgan fingerprint density at radius 1 is 1.00 bits per heavy atom. The van der Waals surface area contributed by atoms with Crippen LogP contribution < -0.4 is 5.43 Å². The molecule has 0 unspecified atom stereocenters. The Labute approximate surface area is 204 Å². The monoisotopic (exact) mass is 474 g/mol. The highest BCUT2D eigenvalue weighted by Crippen LogP contribution is 2.28. The van der Waals surface area contributed by atoms with E-state index >= 15 is 0 Å². The number of hydrogen-bond acceptors (Lipinski definition) is 5. The van der Waals surface area contributed by atoms with Gasteiger partial charge in [0.25, 0.3) is 0 Å². The van der Waals surface area contributed by atoms with Crippen LogP contribution in [0.5, 0.6) is 0 Å². The first kappa shape index (κ1) is 29.2. The zero-order valence-electron chi connectivity index (χ0n) is 22.0. The number of hydrazine groups is 1. The van der Waals surface area contributed by atoms with Crippen molar-refractivity contribution in [1.29, 1.82) is 0 Å². The molecule has 0 aliphatic carbocycles. The summed E-state index contributed by atoms with van der Waals surface area (Å²) >= 11 is 0. The topological polar surface area (TPSA) is 84.9 Å². The fourth-order valence-electron chi connectivity index (χ4n) is 3.54. The molecule has 1 N–H and O–H groups in total.